The second-order valence-corrected chi connectivity index (χ2v) is 6.70. The lowest BCUT2D eigenvalue weighted by molar-refractivity contribution is 0.125. The largest absolute Gasteiger partial charge is 0.313 e. The molecule has 102 valence electrons. The van der Waals surface area contributed by atoms with Gasteiger partial charge in [-0.1, -0.05) is 41.5 Å². The highest BCUT2D eigenvalue weighted by molar-refractivity contribution is 4.91. The monoisotopic (exact) mass is 240 g/mol. The Kier molecular flexibility index (Phi) is 5.94. The fraction of sp³-hybridized carbons (Fsp3) is 1.00. The maximum atomic E-state index is 3.62. The molecule has 0 saturated heterocycles. The van der Waals surface area contributed by atoms with Crippen molar-refractivity contribution >= 4 is 0 Å². The summed E-state index contributed by atoms with van der Waals surface area (Å²) in [5.41, 5.74) is 0. The summed E-state index contributed by atoms with van der Waals surface area (Å²) in [4.78, 5) is 2.77. The molecule has 1 fully saturated rings. The van der Waals surface area contributed by atoms with Gasteiger partial charge in [-0.3, -0.25) is 4.90 Å². The molecule has 1 saturated carbocycles. The standard InChI is InChI=1S/C15H32N2/c1-11(2)10-17(14-7-8-14)15(12(3)4)9-16-13(5)6/h11-16H,7-10H2,1-6H3. The van der Waals surface area contributed by atoms with Crippen LogP contribution in [0.25, 0.3) is 0 Å². The Morgan fingerprint density at radius 2 is 1.65 bits per heavy atom. The Labute approximate surface area is 108 Å². The van der Waals surface area contributed by atoms with E-state index >= 15 is 0 Å². The van der Waals surface area contributed by atoms with Crippen LogP contribution in [0.2, 0.25) is 0 Å². The van der Waals surface area contributed by atoms with E-state index in [0.717, 1.165) is 24.4 Å². The summed E-state index contributed by atoms with van der Waals surface area (Å²) in [6, 6.07) is 2.17. The Hall–Kier alpha value is -0.0800. The van der Waals surface area contributed by atoms with Crippen LogP contribution < -0.4 is 5.32 Å². The number of hydrogen-bond donors (Lipinski definition) is 1. The zero-order chi connectivity index (χ0) is 13.0. The fourth-order valence-electron chi connectivity index (χ4n) is 2.48. The van der Waals surface area contributed by atoms with Gasteiger partial charge in [0.25, 0.3) is 0 Å². The van der Waals surface area contributed by atoms with Crippen molar-refractivity contribution in [1.29, 1.82) is 0 Å². The minimum Gasteiger partial charge on any atom is -0.313 e. The molecule has 1 rings (SSSR count). The molecule has 0 aromatic carbocycles. The van der Waals surface area contributed by atoms with Crippen LogP contribution in [0.1, 0.15) is 54.4 Å². The van der Waals surface area contributed by atoms with Crippen LogP contribution in [0.4, 0.5) is 0 Å². The van der Waals surface area contributed by atoms with Crippen LogP contribution in [0.5, 0.6) is 0 Å². The molecular formula is C15H32N2. The number of rotatable bonds is 8. The van der Waals surface area contributed by atoms with E-state index in [4.69, 9.17) is 0 Å². The molecule has 0 bridgehead atoms. The van der Waals surface area contributed by atoms with Gasteiger partial charge in [0.2, 0.25) is 0 Å². The molecule has 1 N–H and O–H groups in total. The summed E-state index contributed by atoms with van der Waals surface area (Å²) in [7, 11) is 0. The van der Waals surface area contributed by atoms with Crippen LogP contribution in [-0.2, 0) is 0 Å². The Morgan fingerprint density at radius 1 is 1.06 bits per heavy atom. The molecule has 0 spiro atoms. The molecule has 0 aliphatic heterocycles. The zero-order valence-corrected chi connectivity index (χ0v) is 12.7. The Morgan fingerprint density at radius 3 is 2.00 bits per heavy atom. The van der Waals surface area contributed by atoms with Gasteiger partial charge < -0.3 is 5.32 Å². The van der Waals surface area contributed by atoms with Gasteiger partial charge in [0, 0.05) is 31.2 Å². The van der Waals surface area contributed by atoms with Gasteiger partial charge in [-0.25, -0.2) is 0 Å². The smallest absolute Gasteiger partial charge is 0.0246 e. The third-order valence-electron chi connectivity index (χ3n) is 3.52. The van der Waals surface area contributed by atoms with E-state index in [1.807, 2.05) is 0 Å². The Balaban J connectivity index is 2.57. The highest BCUT2D eigenvalue weighted by atomic mass is 15.2. The van der Waals surface area contributed by atoms with Gasteiger partial charge in [0.05, 0.1) is 0 Å². The first-order valence-corrected chi connectivity index (χ1v) is 7.41. The van der Waals surface area contributed by atoms with Crippen LogP contribution in [0, 0.1) is 11.8 Å². The summed E-state index contributed by atoms with van der Waals surface area (Å²) in [5, 5.41) is 3.62. The van der Waals surface area contributed by atoms with E-state index in [1.54, 1.807) is 0 Å². The topological polar surface area (TPSA) is 15.3 Å². The minimum absolute atomic E-state index is 0.594. The fourth-order valence-corrected chi connectivity index (χ4v) is 2.48. The summed E-state index contributed by atoms with van der Waals surface area (Å²) in [6.45, 7) is 16.3. The second-order valence-electron chi connectivity index (χ2n) is 6.70. The first-order valence-electron chi connectivity index (χ1n) is 7.41. The molecule has 0 radical (unpaired) electrons. The maximum absolute atomic E-state index is 3.62. The predicted octanol–water partition coefficient (Wildman–Crippen LogP) is 3.13. The average Bonchev–Trinajstić information content (AvgIpc) is 2.97. The van der Waals surface area contributed by atoms with E-state index in [9.17, 15) is 0 Å². The van der Waals surface area contributed by atoms with Gasteiger partial charge in [-0.05, 0) is 24.7 Å². The van der Waals surface area contributed by atoms with Crippen molar-refractivity contribution in [2.45, 2.75) is 72.5 Å². The van der Waals surface area contributed by atoms with E-state index in [1.165, 1.54) is 19.4 Å². The molecule has 1 atom stereocenters. The van der Waals surface area contributed by atoms with Crippen LogP contribution in [0.3, 0.4) is 0 Å². The normalized spacial score (nSPS) is 18.7. The lowest BCUT2D eigenvalue weighted by atomic mass is 10.0. The highest BCUT2D eigenvalue weighted by Gasteiger charge is 2.35. The SMILES string of the molecule is CC(C)CN(C1CC1)C(CNC(C)C)C(C)C. The van der Waals surface area contributed by atoms with Crippen LogP contribution in [-0.4, -0.2) is 36.1 Å². The molecule has 0 aromatic heterocycles. The van der Waals surface area contributed by atoms with Crippen LogP contribution >= 0.6 is 0 Å². The van der Waals surface area contributed by atoms with E-state index < -0.39 is 0 Å². The van der Waals surface area contributed by atoms with Crippen LogP contribution in [0.15, 0.2) is 0 Å². The maximum Gasteiger partial charge on any atom is 0.0246 e. The molecule has 1 unspecified atom stereocenters. The van der Waals surface area contributed by atoms with Gasteiger partial charge in [-0.2, -0.15) is 0 Å². The van der Waals surface area contributed by atoms with Gasteiger partial charge >= 0.3 is 0 Å². The Bertz CT molecular complexity index is 207. The zero-order valence-electron chi connectivity index (χ0n) is 12.7. The highest BCUT2D eigenvalue weighted by Crippen LogP contribution is 2.31. The molecule has 1 aliphatic carbocycles. The van der Waals surface area contributed by atoms with E-state index in [0.29, 0.717) is 12.1 Å². The third-order valence-corrected chi connectivity index (χ3v) is 3.52. The van der Waals surface area contributed by atoms with Gasteiger partial charge in [0.1, 0.15) is 0 Å². The van der Waals surface area contributed by atoms with Crippen molar-refractivity contribution in [3.8, 4) is 0 Å². The van der Waals surface area contributed by atoms with Crippen molar-refractivity contribution in [2.24, 2.45) is 11.8 Å². The molecular weight excluding hydrogens is 208 g/mol. The second kappa shape index (κ2) is 6.75. The molecule has 0 aromatic rings. The van der Waals surface area contributed by atoms with Crippen molar-refractivity contribution in [3.63, 3.8) is 0 Å². The number of nitrogens with zero attached hydrogens (tertiary/aromatic N) is 1. The summed E-state index contributed by atoms with van der Waals surface area (Å²) in [5.74, 6) is 1.51. The first kappa shape index (κ1) is 15.0. The minimum atomic E-state index is 0.594. The van der Waals surface area contributed by atoms with E-state index in [2.05, 4.69) is 51.8 Å². The summed E-state index contributed by atoms with van der Waals surface area (Å²) in [6.07, 6.45) is 2.83. The summed E-state index contributed by atoms with van der Waals surface area (Å²) >= 11 is 0. The molecule has 0 amide bonds. The van der Waals surface area contributed by atoms with Crippen molar-refractivity contribution in [3.05, 3.63) is 0 Å². The van der Waals surface area contributed by atoms with Crippen molar-refractivity contribution in [1.82, 2.24) is 10.2 Å². The van der Waals surface area contributed by atoms with E-state index in [-0.39, 0.29) is 0 Å². The lowest BCUT2D eigenvalue weighted by Gasteiger charge is -2.36. The van der Waals surface area contributed by atoms with Gasteiger partial charge in [-0.15, -0.1) is 0 Å². The third kappa shape index (κ3) is 5.39. The molecule has 2 nitrogen and oxygen atoms in total. The summed E-state index contributed by atoms with van der Waals surface area (Å²) < 4.78 is 0. The molecule has 0 heterocycles. The van der Waals surface area contributed by atoms with Crippen molar-refractivity contribution in [2.75, 3.05) is 13.1 Å². The molecule has 17 heavy (non-hydrogen) atoms. The van der Waals surface area contributed by atoms with Crippen molar-refractivity contribution < 1.29 is 0 Å². The predicted molar refractivity (Wildman–Crippen MR) is 76.3 cm³/mol. The van der Waals surface area contributed by atoms with Gasteiger partial charge in [0.15, 0.2) is 0 Å². The average molecular weight is 240 g/mol. The quantitative estimate of drug-likeness (QED) is 0.701. The molecule has 2 heteroatoms. The number of nitrogens with one attached hydrogen (secondary N) is 1. The lowest BCUT2D eigenvalue weighted by Crippen LogP contribution is -2.49. The number of hydrogen-bond acceptors (Lipinski definition) is 2. The first-order chi connectivity index (χ1) is 7.91. The molecule has 1 aliphatic rings.